The number of aryl methyl sites for hydroxylation is 2. The summed E-state index contributed by atoms with van der Waals surface area (Å²) >= 11 is 1.50. The fourth-order valence-corrected chi connectivity index (χ4v) is 3.13. The predicted molar refractivity (Wildman–Crippen MR) is 83.8 cm³/mol. The van der Waals surface area contributed by atoms with Gasteiger partial charge in [-0.25, -0.2) is 4.98 Å². The SMILES string of the molecule is Cc1nc(C)c(C(=O)N2CCC(CN)CC2)s1.Cl.Cl. The van der Waals surface area contributed by atoms with Gasteiger partial charge in [0.15, 0.2) is 0 Å². The highest BCUT2D eigenvalue weighted by Gasteiger charge is 2.25. The number of thiazole rings is 1. The van der Waals surface area contributed by atoms with Crippen LogP contribution in [-0.2, 0) is 0 Å². The maximum atomic E-state index is 12.3. The van der Waals surface area contributed by atoms with E-state index in [1.54, 1.807) is 0 Å². The molecule has 0 atom stereocenters. The molecule has 110 valence electrons. The number of rotatable bonds is 2. The number of likely N-dealkylation sites (tertiary alicyclic amines) is 1. The van der Waals surface area contributed by atoms with Crippen molar-refractivity contribution in [3.8, 4) is 0 Å². The predicted octanol–water partition coefficient (Wildman–Crippen LogP) is 2.41. The number of hydrogen-bond donors (Lipinski definition) is 1. The summed E-state index contributed by atoms with van der Waals surface area (Å²) in [6.07, 6.45) is 2.05. The second-order valence-electron chi connectivity index (χ2n) is 4.62. The van der Waals surface area contributed by atoms with Gasteiger partial charge in [0.05, 0.1) is 10.7 Å². The normalized spacial score (nSPS) is 15.6. The fraction of sp³-hybridized carbons (Fsp3) is 0.667. The molecule has 1 aliphatic rings. The van der Waals surface area contributed by atoms with Crippen molar-refractivity contribution >= 4 is 42.1 Å². The zero-order valence-electron chi connectivity index (χ0n) is 11.2. The van der Waals surface area contributed by atoms with Crippen LogP contribution < -0.4 is 5.73 Å². The zero-order valence-corrected chi connectivity index (χ0v) is 13.7. The molecule has 0 radical (unpaired) electrons. The molecule has 19 heavy (non-hydrogen) atoms. The highest BCUT2D eigenvalue weighted by atomic mass is 35.5. The molecule has 2 rings (SSSR count). The van der Waals surface area contributed by atoms with Crippen LogP contribution in [0.2, 0.25) is 0 Å². The van der Waals surface area contributed by atoms with E-state index in [0.29, 0.717) is 5.92 Å². The van der Waals surface area contributed by atoms with E-state index >= 15 is 0 Å². The second kappa shape index (κ2) is 8.04. The smallest absolute Gasteiger partial charge is 0.265 e. The van der Waals surface area contributed by atoms with Gasteiger partial charge in [0, 0.05) is 13.1 Å². The Morgan fingerprint density at radius 3 is 2.37 bits per heavy atom. The molecule has 0 aromatic carbocycles. The van der Waals surface area contributed by atoms with Gasteiger partial charge in [0.2, 0.25) is 0 Å². The molecule has 1 aromatic heterocycles. The van der Waals surface area contributed by atoms with E-state index < -0.39 is 0 Å². The molecule has 1 aromatic rings. The van der Waals surface area contributed by atoms with Gasteiger partial charge in [-0.3, -0.25) is 4.79 Å². The number of carbonyl (C=O) groups excluding carboxylic acids is 1. The Kier molecular flexibility index (Phi) is 7.89. The summed E-state index contributed by atoms with van der Waals surface area (Å²) < 4.78 is 0. The molecule has 0 spiro atoms. The van der Waals surface area contributed by atoms with Gasteiger partial charge >= 0.3 is 0 Å². The highest BCUT2D eigenvalue weighted by Crippen LogP contribution is 2.23. The van der Waals surface area contributed by atoms with Crippen LogP contribution in [0.1, 0.15) is 33.2 Å². The Labute approximate surface area is 130 Å². The first-order valence-electron chi connectivity index (χ1n) is 6.05. The van der Waals surface area contributed by atoms with Crippen molar-refractivity contribution in [2.24, 2.45) is 11.7 Å². The monoisotopic (exact) mass is 325 g/mol. The summed E-state index contributed by atoms with van der Waals surface area (Å²) in [5.74, 6) is 0.729. The average Bonchev–Trinajstić information content (AvgIpc) is 2.68. The largest absolute Gasteiger partial charge is 0.338 e. The molecule has 1 saturated heterocycles. The summed E-state index contributed by atoms with van der Waals surface area (Å²) in [6, 6.07) is 0. The molecular weight excluding hydrogens is 305 g/mol. The standard InChI is InChI=1S/C12H19N3OS.2ClH/c1-8-11(17-9(2)14-8)12(16)15-5-3-10(7-13)4-6-15;;/h10H,3-7,13H2,1-2H3;2*1H. The van der Waals surface area contributed by atoms with E-state index in [0.717, 1.165) is 48.1 Å². The topological polar surface area (TPSA) is 59.2 Å². The Bertz CT molecular complexity index is 417. The van der Waals surface area contributed by atoms with Crippen molar-refractivity contribution in [1.29, 1.82) is 0 Å². The van der Waals surface area contributed by atoms with E-state index in [2.05, 4.69) is 4.98 Å². The van der Waals surface area contributed by atoms with Crippen LogP contribution in [0.4, 0.5) is 0 Å². The number of amides is 1. The van der Waals surface area contributed by atoms with Crippen molar-refractivity contribution in [3.05, 3.63) is 15.6 Å². The van der Waals surface area contributed by atoms with Gasteiger partial charge in [-0.15, -0.1) is 36.2 Å². The number of halogens is 2. The third kappa shape index (κ3) is 4.31. The number of nitrogens with two attached hydrogens (primary N) is 1. The number of carbonyl (C=O) groups is 1. The van der Waals surface area contributed by atoms with Crippen LogP contribution in [0, 0.1) is 19.8 Å². The van der Waals surface area contributed by atoms with Gasteiger partial charge in [-0.05, 0) is 39.2 Å². The lowest BCUT2D eigenvalue weighted by Crippen LogP contribution is -2.40. The Morgan fingerprint density at radius 1 is 1.37 bits per heavy atom. The van der Waals surface area contributed by atoms with Gasteiger partial charge in [-0.1, -0.05) is 0 Å². The molecule has 0 saturated carbocycles. The third-order valence-electron chi connectivity index (χ3n) is 3.33. The number of hydrogen-bond acceptors (Lipinski definition) is 4. The molecule has 1 aliphatic heterocycles. The Balaban J connectivity index is 0.00000162. The van der Waals surface area contributed by atoms with Crippen LogP contribution in [0.3, 0.4) is 0 Å². The number of aromatic nitrogens is 1. The highest BCUT2D eigenvalue weighted by molar-refractivity contribution is 7.13. The lowest BCUT2D eigenvalue weighted by atomic mass is 9.97. The minimum Gasteiger partial charge on any atom is -0.338 e. The van der Waals surface area contributed by atoms with Crippen LogP contribution in [0.25, 0.3) is 0 Å². The van der Waals surface area contributed by atoms with Crippen LogP contribution in [0.15, 0.2) is 0 Å². The quantitative estimate of drug-likeness (QED) is 0.908. The molecule has 4 nitrogen and oxygen atoms in total. The van der Waals surface area contributed by atoms with E-state index in [1.807, 2.05) is 18.7 Å². The summed E-state index contributed by atoms with van der Waals surface area (Å²) in [4.78, 5) is 19.3. The maximum absolute atomic E-state index is 12.3. The molecule has 2 heterocycles. The minimum absolute atomic E-state index is 0. The molecule has 1 amide bonds. The Morgan fingerprint density at radius 2 is 1.95 bits per heavy atom. The average molecular weight is 326 g/mol. The van der Waals surface area contributed by atoms with Crippen molar-refractivity contribution < 1.29 is 4.79 Å². The van der Waals surface area contributed by atoms with Crippen LogP contribution in [0.5, 0.6) is 0 Å². The molecule has 0 unspecified atom stereocenters. The summed E-state index contributed by atoms with van der Waals surface area (Å²) in [5, 5.41) is 0.961. The molecule has 0 bridgehead atoms. The van der Waals surface area contributed by atoms with Crippen molar-refractivity contribution in [2.75, 3.05) is 19.6 Å². The van der Waals surface area contributed by atoms with E-state index in [-0.39, 0.29) is 30.7 Å². The maximum Gasteiger partial charge on any atom is 0.265 e. The first kappa shape index (κ1) is 18.6. The first-order valence-corrected chi connectivity index (χ1v) is 6.87. The van der Waals surface area contributed by atoms with Gasteiger partial charge in [0.1, 0.15) is 4.88 Å². The Hall–Kier alpha value is -0.360. The molecule has 2 N–H and O–H groups in total. The lowest BCUT2D eigenvalue weighted by Gasteiger charge is -2.31. The van der Waals surface area contributed by atoms with Crippen molar-refractivity contribution in [2.45, 2.75) is 26.7 Å². The first-order chi connectivity index (χ1) is 8.11. The van der Waals surface area contributed by atoms with Gasteiger partial charge in [0.25, 0.3) is 5.91 Å². The fourth-order valence-electron chi connectivity index (χ4n) is 2.25. The van der Waals surface area contributed by atoms with E-state index in [1.165, 1.54) is 11.3 Å². The number of nitrogens with zero attached hydrogens (tertiary/aromatic N) is 2. The summed E-state index contributed by atoms with van der Waals surface area (Å²) in [5.41, 5.74) is 6.51. The van der Waals surface area contributed by atoms with Crippen LogP contribution in [-0.4, -0.2) is 35.4 Å². The van der Waals surface area contributed by atoms with Gasteiger partial charge in [-0.2, -0.15) is 0 Å². The molecule has 7 heteroatoms. The minimum atomic E-state index is 0. The molecular formula is C12H21Cl2N3OS. The lowest BCUT2D eigenvalue weighted by molar-refractivity contribution is 0.0697. The zero-order chi connectivity index (χ0) is 12.4. The van der Waals surface area contributed by atoms with E-state index in [9.17, 15) is 4.79 Å². The second-order valence-corrected chi connectivity index (χ2v) is 5.82. The number of piperidine rings is 1. The van der Waals surface area contributed by atoms with Crippen LogP contribution >= 0.6 is 36.2 Å². The molecule has 1 fully saturated rings. The third-order valence-corrected chi connectivity index (χ3v) is 4.39. The van der Waals surface area contributed by atoms with Crippen molar-refractivity contribution in [3.63, 3.8) is 0 Å². The molecule has 0 aliphatic carbocycles. The summed E-state index contributed by atoms with van der Waals surface area (Å²) in [6.45, 7) is 6.24. The van der Waals surface area contributed by atoms with E-state index in [4.69, 9.17) is 5.73 Å². The van der Waals surface area contributed by atoms with Crippen molar-refractivity contribution in [1.82, 2.24) is 9.88 Å². The van der Waals surface area contributed by atoms with Gasteiger partial charge < -0.3 is 10.6 Å². The summed E-state index contributed by atoms with van der Waals surface area (Å²) in [7, 11) is 0.